The van der Waals surface area contributed by atoms with Crippen molar-refractivity contribution >= 4 is 5.78 Å². The second kappa shape index (κ2) is 4.09. The van der Waals surface area contributed by atoms with Crippen LogP contribution in [0, 0.1) is 17.0 Å². The van der Waals surface area contributed by atoms with E-state index in [0.717, 1.165) is 18.2 Å². The summed E-state index contributed by atoms with van der Waals surface area (Å²) in [4.78, 5) is 11.5. The molecule has 0 radical (unpaired) electrons. The third kappa shape index (κ3) is 1.92. The molecule has 0 aromatic heterocycles. The van der Waals surface area contributed by atoms with Gasteiger partial charge in [0.2, 0.25) is 0 Å². The molecule has 2 rings (SSSR count). The van der Waals surface area contributed by atoms with Crippen LogP contribution in [0.2, 0.25) is 0 Å². The Morgan fingerprint density at radius 3 is 2.76 bits per heavy atom. The van der Waals surface area contributed by atoms with Crippen molar-refractivity contribution in [3.8, 4) is 5.75 Å². The van der Waals surface area contributed by atoms with Crippen LogP contribution in [-0.2, 0) is 4.79 Å². The first-order valence-corrected chi connectivity index (χ1v) is 5.62. The normalized spacial score (nSPS) is 27.8. The summed E-state index contributed by atoms with van der Waals surface area (Å²) in [6.07, 6.45) is 0.532. The van der Waals surface area contributed by atoms with Crippen molar-refractivity contribution in [1.82, 2.24) is 0 Å². The second-order valence-corrected chi connectivity index (χ2v) is 4.58. The molecule has 17 heavy (non-hydrogen) atoms. The highest BCUT2D eigenvalue weighted by Gasteiger charge is 2.51. The number of hydrogen-bond acceptors (Lipinski definition) is 2. The van der Waals surface area contributed by atoms with E-state index in [1.165, 1.54) is 0 Å². The first-order chi connectivity index (χ1) is 7.97. The number of benzene rings is 1. The maximum atomic E-state index is 13.4. The van der Waals surface area contributed by atoms with Crippen molar-refractivity contribution in [2.75, 3.05) is 0 Å². The highest BCUT2D eigenvalue weighted by atomic mass is 19.1. The maximum Gasteiger partial charge on any atom is 0.165 e. The zero-order valence-corrected chi connectivity index (χ0v) is 9.80. The molecule has 92 valence electrons. The average Bonchev–Trinajstić information content (AvgIpc) is 2.32. The van der Waals surface area contributed by atoms with E-state index >= 15 is 0 Å². The van der Waals surface area contributed by atoms with Gasteiger partial charge in [0.05, 0.1) is 5.41 Å². The van der Waals surface area contributed by atoms with Gasteiger partial charge in [-0.05, 0) is 25.5 Å². The van der Waals surface area contributed by atoms with E-state index in [-0.39, 0.29) is 24.1 Å². The van der Waals surface area contributed by atoms with Gasteiger partial charge in [-0.25, -0.2) is 8.78 Å². The molecule has 4 heteroatoms. The van der Waals surface area contributed by atoms with Crippen LogP contribution < -0.4 is 4.74 Å². The van der Waals surface area contributed by atoms with Crippen LogP contribution in [0.15, 0.2) is 18.2 Å². The Kier molecular flexibility index (Phi) is 2.89. The minimum Gasteiger partial charge on any atom is -0.486 e. The molecule has 1 aliphatic carbocycles. The Balaban J connectivity index is 2.17. The summed E-state index contributed by atoms with van der Waals surface area (Å²) in [6.45, 7) is 3.68. The van der Waals surface area contributed by atoms with Gasteiger partial charge < -0.3 is 4.74 Å². The molecule has 1 aromatic rings. The fourth-order valence-corrected chi connectivity index (χ4v) is 1.99. The van der Waals surface area contributed by atoms with Crippen LogP contribution >= 0.6 is 0 Å². The zero-order valence-electron chi connectivity index (χ0n) is 9.80. The van der Waals surface area contributed by atoms with Crippen LogP contribution in [0.4, 0.5) is 8.78 Å². The van der Waals surface area contributed by atoms with E-state index in [4.69, 9.17) is 4.74 Å². The van der Waals surface area contributed by atoms with Gasteiger partial charge in [0, 0.05) is 12.5 Å². The quantitative estimate of drug-likeness (QED) is 0.811. The lowest BCUT2D eigenvalue weighted by Crippen LogP contribution is -2.54. The molecule has 2 unspecified atom stereocenters. The van der Waals surface area contributed by atoms with E-state index in [2.05, 4.69) is 0 Å². The van der Waals surface area contributed by atoms with Crippen molar-refractivity contribution in [3.63, 3.8) is 0 Å². The minimum atomic E-state index is -0.607. The predicted molar refractivity (Wildman–Crippen MR) is 58.8 cm³/mol. The summed E-state index contributed by atoms with van der Waals surface area (Å²) in [5, 5.41) is 0. The fraction of sp³-hybridized carbons (Fsp3) is 0.462. The molecule has 1 aromatic carbocycles. The first-order valence-electron chi connectivity index (χ1n) is 5.62. The SMILES string of the molecule is CCC1(C)C(=O)CC1Oc1cc(F)ccc1F. The summed E-state index contributed by atoms with van der Waals surface area (Å²) in [5.41, 5.74) is -0.571. The highest BCUT2D eigenvalue weighted by Crippen LogP contribution is 2.42. The molecule has 0 N–H and O–H groups in total. The summed E-state index contributed by atoms with van der Waals surface area (Å²) in [5.74, 6) is -1.17. The van der Waals surface area contributed by atoms with Crippen LogP contribution in [0.1, 0.15) is 26.7 Å². The monoisotopic (exact) mass is 240 g/mol. The van der Waals surface area contributed by atoms with Gasteiger partial charge in [-0.1, -0.05) is 6.92 Å². The van der Waals surface area contributed by atoms with Crippen molar-refractivity contribution in [1.29, 1.82) is 0 Å². The van der Waals surface area contributed by atoms with Crippen LogP contribution in [0.25, 0.3) is 0 Å². The van der Waals surface area contributed by atoms with Crippen molar-refractivity contribution in [3.05, 3.63) is 29.8 Å². The first kappa shape index (κ1) is 12.0. The van der Waals surface area contributed by atoms with Gasteiger partial charge in [-0.2, -0.15) is 0 Å². The van der Waals surface area contributed by atoms with Gasteiger partial charge in [0.15, 0.2) is 11.6 Å². The molecule has 2 atom stereocenters. The lowest BCUT2D eigenvalue weighted by molar-refractivity contribution is -0.150. The van der Waals surface area contributed by atoms with Gasteiger partial charge in [-0.15, -0.1) is 0 Å². The third-order valence-electron chi connectivity index (χ3n) is 3.62. The molecular formula is C13H14F2O2. The second-order valence-electron chi connectivity index (χ2n) is 4.58. The average molecular weight is 240 g/mol. The summed E-state index contributed by atoms with van der Waals surface area (Å²) in [6, 6.07) is 3.07. The number of hydrogen-bond donors (Lipinski definition) is 0. The predicted octanol–water partition coefficient (Wildman–Crippen LogP) is 3.10. The molecule has 1 fully saturated rings. The molecular weight excluding hydrogens is 226 g/mol. The molecule has 0 bridgehead atoms. The fourth-order valence-electron chi connectivity index (χ4n) is 1.99. The van der Waals surface area contributed by atoms with E-state index in [9.17, 15) is 13.6 Å². The topological polar surface area (TPSA) is 26.3 Å². The van der Waals surface area contributed by atoms with Gasteiger partial charge >= 0.3 is 0 Å². The number of carbonyl (C=O) groups excluding carboxylic acids is 1. The Morgan fingerprint density at radius 2 is 2.18 bits per heavy atom. The zero-order chi connectivity index (χ0) is 12.6. The largest absolute Gasteiger partial charge is 0.486 e. The Bertz CT molecular complexity index is 459. The van der Waals surface area contributed by atoms with Crippen LogP contribution in [0.3, 0.4) is 0 Å². The minimum absolute atomic E-state index is 0.113. The number of ether oxygens (including phenoxy) is 1. The molecule has 0 amide bonds. The van der Waals surface area contributed by atoms with Gasteiger partial charge in [0.25, 0.3) is 0 Å². The standard InChI is InChI=1S/C13H14F2O2/c1-3-13(2)11(16)7-12(13)17-10-6-8(14)4-5-9(10)15/h4-6,12H,3,7H2,1-2H3. The maximum absolute atomic E-state index is 13.4. The van der Waals surface area contributed by atoms with E-state index < -0.39 is 17.0 Å². The van der Waals surface area contributed by atoms with Crippen LogP contribution in [-0.4, -0.2) is 11.9 Å². The van der Waals surface area contributed by atoms with Crippen LogP contribution in [0.5, 0.6) is 5.75 Å². The number of rotatable bonds is 3. The molecule has 0 heterocycles. The molecule has 1 saturated carbocycles. The molecule has 1 aliphatic rings. The molecule has 0 saturated heterocycles. The number of halogens is 2. The Hall–Kier alpha value is -1.45. The van der Waals surface area contributed by atoms with Gasteiger partial charge in [-0.3, -0.25) is 4.79 Å². The summed E-state index contributed by atoms with van der Waals surface area (Å²) >= 11 is 0. The lowest BCUT2D eigenvalue weighted by Gasteiger charge is -2.44. The Morgan fingerprint density at radius 1 is 1.47 bits per heavy atom. The van der Waals surface area contributed by atoms with Crippen molar-refractivity contribution in [2.45, 2.75) is 32.8 Å². The van der Waals surface area contributed by atoms with Crippen molar-refractivity contribution in [2.24, 2.45) is 5.41 Å². The number of ketones is 1. The molecule has 2 nitrogen and oxygen atoms in total. The van der Waals surface area contributed by atoms with E-state index in [1.807, 2.05) is 6.92 Å². The number of Topliss-reactive ketones (excluding diaryl/α,β-unsaturated/α-hetero) is 1. The molecule has 0 aliphatic heterocycles. The van der Waals surface area contributed by atoms with E-state index in [0.29, 0.717) is 6.42 Å². The van der Waals surface area contributed by atoms with E-state index in [1.54, 1.807) is 6.92 Å². The van der Waals surface area contributed by atoms with Crippen molar-refractivity contribution < 1.29 is 18.3 Å². The summed E-state index contributed by atoms with van der Waals surface area (Å²) in [7, 11) is 0. The van der Waals surface area contributed by atoms with Gasteiger partial charge in [0.1, 0.15) is 17.7 Å². The smallest absolute Gasteiger partial charge is 0.165 e. The lowest BCUT2D eigenvalue weighted by atomic mass is 9.64. The summed E-state index contributed by atoms with van der Waals surface area (Å²) < 4.78 is 31.7. The Labute approximate surface area is 98.6 Å². The number of carbonyl (C=O) groups is 1. The highest BCUT2D eigenvalue weighted by molar-refractivity contribution is 5.92. The third-order valence-corrected chi connectivity index (χ3v) is 3.62. The molecule has 0 spiro atoms.